The van der Waals surface area contributed by atoms with Crippen molar-refractivity contribution in [1.82, 2.24) is 24.9 Å². The zero-order valence-corrected chi connectivity index (χ0v) is 15.0. The lowest BCUT2D eigenvalue weighted by atomic mass is 10.1. The number of aromatic nitrogens is 4. The predicted molar refractivity (Wildman–Crippen MR) is 92.1 cm³/mol. The van der Waals surface area contributed by atoms with E-state index in [0.717, 1.165) is 37.1 Å². The molecule has 0 aliphatic heterocycles. The first kappa shape index (κ1) is 18.8. The van der Waals surface area contributed by atoms with E-state index in [9.17, 15) is 9.59 Å². The molecule has 25 heavy (non-hydrogen) atoms. The zero-order chi connectivity index (χ0) is 18.2. The summed E-state index contributed by atoms with van der Waals surface area (Å²) in [6.45, 7) is 4.44. The van der Waals surface area contributed by atoms with Crippen LogP contribution in [-0.4, -0.2) is 45.1 Å². The number of hydrogen-bond acceptors (Lipinski definition) is 6. The van der Waals surface area contributed by atoms with Crippen molar-refractivity contribution in [2.24, 2.45) is 0 Å². The lowest BCUT2D eigenvalue weighted by Gasteiger charge is -2.03. The van der Waals surface area contributed by atoms with Gasteiger partial charge in [0.2, 0.25) is 5.91 Å². The Labute approximate surface area is 147 Å². The molecule has 8 nitrogen and oxygen atoms in total. The first-order valence-electron chi connectivity index (χ1n) is 8.53. The molecule has 136 valence electrons. The third-order valence-corrected chi connectivity index (χ3v) is 3.84. The number of nitrogens with zero attached hydrogens (tertiary/aromatic N) is 4. The van der Waals surface area contributed by atoms with Gasteiger partial charge < -0.3 is 10.1 Å². The molecule has 1 amide bonds. The molecular weight excluding hydrogens is 322 g/mol. The number of hydrogen-bond donors (Lipinski definition) is 1. The molecule has 0 saturated heterocycles. The number of aryl methyl sites for hydroxylation is 2. The van der Waals surface area contributed by atoms with Crippen molar-refractivity contribution in [3.8, 4) is 0 Å². The van der Waals surface area contributed by atoms with Crippen molar-refractivity contribution >= 4 is 17.7 Å². The van der Waals surface area contributed by atoms with Crippen LogP contribution in [0.5, 0.6) is 0 Å². The summed E-state index contributed by atoms with van der Waals surface area (Å²) >= 11 is 0. The molecule has 0 aliphatic rings. The lowest BCUT2D eigenvalue weighted by molar-refractivity contribution is -0.140. The standard InChI is InChI=1S/C17H25N5O3/c1-12-10-13(2)22-17(19-12)20-14(21-22)11-15(23)18-9-7-5-4-6-8-16(24)25-3/h10H,4-9,11H2,1-3H3,(H,18,23). The predicted octanol–water partition coefficient (Wildman–Crippen LogP) is 1.52. The largest absolute Gasteiger partial charge is 0.469 e. The maximum atomic E-state index is 12.0. The fraction of sp³-hybridized carbons (Fsp3) is 0.588. The van der Waals surface area contributed by atoms with Gasteiger partial charge in [-0.2, -0.15) is 4.98 Å². The fourth-order valence-electron chi connectivity index (χ4n) is 2.57. The number of ether oxygens (including phenoxy) is 1. The molecule has 0 fully saturated rings. The normalized spacial score (nSPS) is 10.8. The minimum absolute atomic E-state index is 0.0974. The monoisotopic (exact) mass is 347 g/mol. The maximum absolute atomic E-state index is 12.0. The Morgan fingerprint density at radius 1 is 1.16 bits per heavy atom. The van der Waals surface area contributed by atoms with Gasteiger partial charge in [0.25, 0.3) is 5.78 Å². The molecular formula is C17H25N5O3. The van der Waals surface area contributed by atoms with E-state index in [0.29, 0.717) is 24.6 Å². The van der Waals surface area contributed by atoms with E-state index >= 15 is 0 Å². The van der Waals surface area contributed by atoms with Gasteiger partial charge in [-0.15, -0.1) is 5.10 Å². The lowest BCUT2D eigenvalue weighted by Crippen LogP contribution is -2.26. The number of fused-ring (bicyclic) bond motifs is 1. The van der Waals surface area contributed by atoms with E-state index in [1.807, 2.05) is 19.9 Å². The van der Waals surface area contributed by atoms with Crippen molar-refractivity contribution in [1.29, 1.82) is 0 Å². The van der Waals surface area contributed by atoms with Gasteiger partial charge in [-0.1, -0.05) is 12.8 Å². The van der Waals surface area contributed by atoms with Gasteiger partial charge in [-0.05, 0) is 32.8 Å². The van der Waals surface area contributed by atoms with Gasteiger partial charge in [0.15, 0.2) is 5.82 Å². The zero-order valence-electron chi connectivity index (χ0n) is 15.0. The van der Waals surface area contributed by atoms with Gasteiger partial charge in [-0.25, -0.2) is 9.50 Å². The Hall–Kier alpha value is -2.51. The molecule has 0 saturated carbocycles. The summed E-state index contributed by atoms with van der Waals surface area (Å²) in [7, 11) is 1.40. The molecule has 0 atom stereocenters. The molecule has 0 aromatic carbocycles. The molecule has 0 aliphatic carbocycles. The van der Waals surface area contributed by atoms with Crippen LogP contribution in [0.4, 0.5) is 0 Å². The van der Waals surface area contributed by atoms with E-state index in [1.54, 1.807) is 4.52 Å². The Morgan fingerprint density at radius 3 is 2.68 bits per heavy atom. The highest BCUT2D eigenvalue weighted by atomic mass is 16.5. The van der Waals surface area contributed by atoms with Crippen LogP contribution in [0.2, 0.25) is 0 Å². The van der Waals surface area contributed by atoms with E-state index in [1.165, 1.54) is 7.11 Å². The van der Waals surface area contributed by atoms with E-state index in [4.69, 9.17) is 0 Å². The number of carbonyl (C=O) groups excluding carboxylic acids is 2. The van der Waals surface area contributed by atoms with Crippen molar-refractivity contribution in [3.63, 3.8) is 0 Å². The van der Waals surface area contributed by atoms with Gasteiger partial charge >= 0.3 is 5.97 Å². The minimum Gasteiger partial charge on any atom is -0.469 e. The summed E-state index contributed by atoms with van der Waals surface area (Å²) in [5.74, 6) is 0.718. The fourth-order valence-corrected chi connectivity index (χ4v) is 2.57. The summed E-state index contributed by atoms with van der Waals surface area (Å²) in [6.07, 6.45) is 4.21. The summed E-state index contributed by atoms with van der Waals surface area (Å²) in [5.41, 5.74) is 1.81. The first-order valence-corrected chi connectivity index (χ1v) is 8.53. The van der Waals surface area contributed by atoms with Crippen LogP contribution in [-0.2, 0) is 20.7 Å². The number of amides is 1. The smallest absolute Gasteiger partial charge is 0.305 e. The number of carbonyl (C=O) groups is 2. The molecule has 0 unspecified atom stereocenters. The van der Waals surface area contributed by atoms with Crippen LogP contribution in [0.1, 0.15) is 49.3 Å². The Bertz CT molecular complexity index is 741. The van der Waals surface area contributed by atoms with Crippen LogP contribution in [0.3, 0.4) is 0 Å². The average molecular weight is 347 g/mol. The highest BCUT2D eigenvalue weighted by molar-refractivity contribution is 5.77. The average Bonchev–Trinajstić information content (AvgIpc) is 2.96. The maximum Gasteiger partial charge on any atom is 0.305 e. The second-order valence-electron chi connectivity index (χ2n) is 6.05. The van der Waals surface area contributed by atoms with Gasteiger partial charge in [0.05, 0.1) is 13.5 Å². The quantitative estimate of drug-likeness (QED) is 0.545. The van der Waals surface area contributed by atoms with Gasteiger partial charge in [0.1, 0.15) is 0 Å². The second kappa shape index (κ2) is 9.10. The Balaban J connectivity index is 1.69. The summed E-state index contributed by atoms with van der Waals surface area (Å²) < 4.78 is 6.24. The third kappa shape index (κ3) is 5.81. The Morgan fingerprint density at radius 2 is 1.92 bits per heavy atom. The molecule has 0 bridgehead atoms. The van der Waals surface area contributed by atoms with Crippen LogP contribution in [0, 0.1) is 13.8 Å². The van der Waals surface area contributed by atoms with Gasteiger partial charge in [-0.3, -0.25) is 9.59 Å². The molecule has 2 aromatic rings. The topological polar surface area (TPSA) is 98.5 Å². The molecule has 0 spiro atoms. The number of methoxy groups -OCH3 is 1. The second-order valence-corrected chi connectivity index (χ2v) is 6.05. The summed E-state index contributed by atoms with van der Waals surface area (Å²) in [4.78, 5) is 31.6. The highest BCUT2D eigenvalue weighted by Crippen LogP contribution is 2.06. The number of nitrogens with one attached hydrogen (secondary N) is 1. The van der Waals surface area contributed by atoms with Crippen LogP contribution in [0.15, 0.2) is 6.07 Å². The number of unbranched alkanes of at least 4 members (excludes halogenated alkanes) is 3. The van der Waals surface area contributed by atoms with Gasteiger partial charge in [0, 0.05) is 24.4 Å². The summed E-state index contributed by atoms with van der Waals surface area (Å²) in [6, 6.07) is 1.92. The Kier molecular flexibility index (Phi) is 6.85. The molecule has 1 N–H and O–H groups in total. The number of rotatable bonds is 9. The summed E-state index contributed by atoms with van der Waals surface area (Å²) in [5, 5.41) is 7.20. The van der Waals surface area contributed by atoms with Crippen molar-refractivity contribution in [2.75, 3.05) is 13.7 Å². The number of esters is 1. The molecule has 2 aromatic heterocycles. The van der Waals surface area contributed by atoms with Crippen LogP contribution >= 0.6 is 0 Å². The molecule has 2 heterocycles. The van der Waals surface area contributed by atoms with Crippen molar-refractivity contribution < 1.29 is 14.3 Å². The van der Waals surface area contributed by atoms with E-state index in [-0.39, 0.29) is 18.3 Å². The van der Waals surface area contributed by atoms with E-state index in [2.05, 4.69) is 25.1 Å². The van der Waals surface area contributed by atoms with Crippen LogP contribution in [0.25, 0.3) is 5.78 Å². The van der Waals surface area contributed by atoms with E-state index < -0.39 is 0 Å². The highest BCUT2D eigenvalue weighted by Gasteiger charge is 2.11. The van der Waals surface area contributed by atoms with Crippen LogP contribution < -0.4 is 5.32 Å². The SMILES string of the molecule is COC(=O)CCCCCCNC(=O)Cc1nc2nc(C)cc(C)n2n1. The third-order valence-electron chi connectivity index (χ3n) is 3.84. The molecule has 8 heteroatoms. The first-order chi connectivity index (χ1) is 12.0. The van der Waals surface area contributed by atoms with Crippen molar-refractivity contribution in [3.05, 3.63) is 23.3 Å². The minimum atomic E-state index is -0.173. The molecule has 0 radical (unpaired) electrons. The molecule has 2 rings (SSSR count). The van der Waals surface area contributed by atoms with Crippen molar-refractivity contribution in [2.45, 2.75) is 52.4 Å².